The molecule has 0 spiro atoms. The van der Waals surface area contributed by atoms with Gasteiger partial charge in [0.1, 0.15) is 6.61 Å². The summed E-state index contributed by atoms with van der Waals surface area (Å²) in [6.45, 7) is 11.1. The van der Waals surface area contributed by atoms with Crippen LogP contribution in [0.4, 0.5) is 0 Å². The van der Waals surface area contributed by atoms with E-state index in [1.165, 1.54) is 96.3 Å². The van der Waals surface area contributed by atoms with Crippen LogP contribution in [0.1, 0.15) is 156 Å². The largest absolute Gasteiger partial charge is 0.465 e. The van der Waals surface area contributed by atoms with E-state index < -0.39 is 0 Å². The van der Waals surface area contributed by atoms with Crippen molar-refractivity contribution < 1.29 is 19.1 Å². The molecule has 0 amide bonds. The molecule has 0 aliphatic rings. The van der Waals surface area contributed by atoms with Crippen molar-refractivity contribution in [1.82, 2.24) is 0 Å². The smallest absolute Gasteiger partial charge is 0.308 e. The van der Waals surface area contributed by atoms with Gasteiger partial charge in [0.2, 0.25) is 0 Å². The van der Waals surface area contributed by atoms with Gasteiger partial charge in [-0.3, -0.25) is 9.59 Å². The Bertz CT molecular complexity index is 672. The van der Waals surface area contributed by atoms with E-state index in [9.17, 15) is 9.59 Å². The maximum Gasteiger partial charge on any atom is 0.308 e. The fourth-order valence-corrected chi connectivity index (χ4v) is 4.17. The first-order valence-corrected chi connectivity index (χ1v) is 16.3. The Labute approximate surface area is 242 Å². The molecule has 39 heavy (non-hydrogen) atoms. The molecule has 0 saturated heterocycles. The van der Waals surface area contributed by atoms with Gasteiger partial charge in [0.15, 0.2) is 0 Å². The quantitative estimate of drug-likeness (QED) is 0.101. The normalized spacial score (nSPS) is 12.2. The third kappa shape index (κ3) is 23.7. The Morgan fingerprint density at radius 3 is 1.36 bits per heavy atom. The molecule has 1 aromatic rings. The molecule has 0 aliphatic carbocycles. The van der Waals surface area contributed by atoms with Gasteiger partial charge in [-0.15, -0.1) is 0 Å². The van der Waals surface area contributed by atoms with Gasteiger partial charge in [0.05, 0.1) is 18.4 Å². The predicted octanol–water partition coefficient (Wildman–Crippen LogP) is 10.6. The Hall–Kier alpha value is -1.84. The number of rotatable bonds is 23. The summed E-state index contributed by atoms with van der Waals surface area (Å²) in [5, 5.41) is 0. The van der Waals surface area contributed by atoms with Crippen LogP contribution < -0.4 is 0 Å². The first-order valence-electron chi connectivity index (χ1n) is 16.3. The first kappa shape index (κ1) is 37.2. The highest BCUT2D eigenvalue weighted by Gasteiger charge is 2.12. The molecule has 0 fully saturated rings. The second-order valence-corrected chi connectivity index (χ2v) is 11.2. The van der Waals surface area contributed by atoms with Crippen LogP contribution in [-0.4, -0.2) is 18.5 Å². The highest BCUT2D eigenvalue weighted by atomic mass is 16.5. The van der Waals surface area contributed by atoms with Gasteiger partial charge < -0.3 is 9.47 Å². The molecule has 1 aromatic carbocycles. The minimum atomic E-state index is -0.114. The summed E-state index contributed by atoms with van der Waals surface area (Å²) in [4.78, 5) is 22.8. The summed E-state index contributed by atoms with van der Waals surface area (Å²) in [7, 11) is 0. The number of ether oxygens (including phenoxy) is 2. The molecule has 0 heterocycles. The molecule has 0 radical (unpaired) electrons. The fourth-order valence-electron chi connectivity index (χ4n) is 4.17. The van der Waals surface area contributed by atoms with Gasteiger partial charge in [-0.2, -0.15) is 0 Å². The van der Waals surface area contributed by atoms with Gasteiger partial charge in [0.25, 0.3) is 0 Å². The minimum absolute atomic E-state index is 0.00119. The van der Waals surface area contributed by atoms with E-state index in [4.69, 9.17) is 9.47 Å². The van der Waals surface area contributed by atoms with Crippen molar-refractivity contribution in [1.29, 1.82) is 0 Å². The van der Waals surface area contributed by atoms with Crippen molar-refractivity contribution in [2.75, 3.05) is 6.61 Å². The molecule has 4 nitrogen and oxygen atoms in total. The molecule has 2 atom stereocenters. The number of hydrogen-bond acceptors (Lipinski definition) is 4. The van der Waals surface area contributed by atoms with Crippen molar-refractivity contribution in [2.24, 2.45) is 11.8 Å². The average molecular weight is 547 g/mol. The summed E-state index contributed by atoms with van der Waals surface area (Å²) < 4.78 is 10.4. The molecule has 226 valence electrons. The summed E-state index contributed by atoms with van der Waals surface area (Å²) >= 11 is 0. The van der Waals surface area contributed by atoms with Crippen LogP contribution in [0.25, 0.3) is 0 Å². The zero-order chi connectivity index (χ0) is 29.0. The third-order valence-corrected chi connectivity index (χ3v) is 7.50. The fraction of sp³-hybridized carbons (Fsp3) is 0.771. The zero-order valence-corrected chi connectivity index (χ0v) is 26.3. The lowest BCUT2D eigenvalue weighted by Crippen LogP contribution is -2.14. The Kier molecular flexibility index (Phi) is 26.4. The Morgan fingerprint density at radius 1 is 0.564 bits per heavy atom. The first-order chi connectivity index (χ1) is 19.0. The SMILES string of the molecule is CCC(C)C(=O)OCc1ccccc1.CCCCCCCCCCCCCCCCCCOC(=O)C(C)CC. The molecule has 0 saturated carbocycles. The number of carbonyl (C=O) groups is 2. The van der Waals surface area contributed by atoms with Gasteiger partial charge >= 0.3 is 11.9 Å². The molecule has 0 N–H and O–H groups in total. The second-order valence-electron chi connectivity index (χ2n) is 11.2. The molecule has 0 aromatic heterocycles. The molecule has 2 unspecified atom stereocenters. The van der Waals surface area contributed by atoms with Crippen LogP contribution in [-0.2, 0) is 25.7 Å². The molecule has 0 aliphatic heterocycles. The van der Waals surface area contributed by atoms with E-state index in [0.29, 0.717) is 13.2 Å². The van der Waals surface area contributed by atoms with E-state index in [0.717, 1.165) is 24.8 Å². The maximum absolute atomic E-state index is 11.5. The van der Waals surface area contributed by atoms with E-state index in [1.807, 2.05) is 58.0 Å². The number of esters is 2. The zero-order valence-electron chi connectivity index (χ0n) is 26.3. The van der Waals surface area contributed by atoms with Crippen LogP contribution in [0, 0.1) is 11.8 Å². The van der Waals surface area contributed by atoms with Crippen molar-refractivity contribution in [2.45, 2.75) is 157 Å². The summed E-state index contributed by atoms with van der Waals surface area (Å²) in [6, 6.07) is 9.71. The van der Waals surface area contributed by atoms with Crippen molar-refractivity contribution in [3.63, 3.8) is 0 Å². The van der Waals surface area contributed by atoms with E-state index in [2.05, 4.69) is 6.92 Å². The standard InChI is InChI=1S/C23H46O2.C12H16O2/c1-4-6-7-8-9-10-11-12-13-14-15-16-17-18-19-20-21-25-23(24)22(3)5-2;1-3-10(2)12(13)14-9-11-7-5-4-6-8-11/h22H,4-21H2,1-3H3;4-8,10H,3,9H2,1-2H3. The highest BCUT2D eigenvalue weighted by Crippen LogP contribution is 2.14. The predicted molar refractivity (Wildman–Crippen MR) is 166 cm³/mol. The highest BCUT2D eigenvalue weighted by molar-refractivity contribution is 5.72. The minimum Gasteiger partial charge on any atom is -0.465 e. The van der Waals surface area contributed by atoms with Crippen LogP contribution in [0.5, 0.6) is 0 Å². The van der Waals surface area contributed by atoms with Gasteiger partial charge in [0, 0.05) is 0 Å². The lowest BCUT2D eigenvalue weighted by molar-refractivity contribution is -0.149. The van der Waals surface area contributed by atoms with Crippen LogP contribution >= 0.6 is 0 Å². The summed E-state index contributed by atoms with van der Waals surface area (Å²) in [6.07, 6.45) is 23.6. The Balaban J connectivity index is 0.000000864. The molecule has 4 heteroatoms. The van der Waals surface area contributed by atoms with Crippen molar-refractivity contribution >= 4 is 11.9 Å². The summed E-state index contributed by atoms with van der Waals surface area (Å²) in [5.74, 6) is -0.0837. The molecular weight excluding hydrogens is 484 g/mol. The molecule has 0 bridgehead atoms. The Morgan fingerprint density at radius 2 is 0.949 bits per heavy atom. The average Bonchev–Trinajstić information content (AvgIpc) is 2.97. The monoisotopic (exact) mass is 546 g/mol. The van der Waals surface area contributed by atoms with Gasteiger partial charge in [-0.1, -0.05) is 161 Å². The molecular formula is C35H62O4. The van der Waals surface area contributed by atoms with Crippen LogP contribution in [0.15, 0.2) is 30.3 Å². The van der Waals surface area contributed by atoms with E-state index in [1.54, 1.807) is 0 Å². The summed E-state index contributed by atoms with van der Waals surface area (Å²) in [5.41, 5.74) is 1.03. The van der Waals surface area contributed by atoms with Crippen LogP contribution in [0.2, 0.25) is 0 Å². The van der Waals surface area contributed by atoms with Gasteiger partial charge in [-0.05, 0) is 24.8 Å². The number of benzene rings is 1. The van der Waals surface area contributed by atoms with Gasteiger partial charge in [-0.25, -0.2) is 0 Å². The lowest BCUT2D eigenvalue weighted by atomic mass is 10.0. The maximum atomic E-state index is 11.5. The number of unbranched alkanes of at least 4 members (excludes halogenated alkanes) is 15. The van der Waals surface area contributed by atoms with E-state index >= 15 is 0 Å². The number of hydrogen-bond donors (Lipinski definition) is 0. The second kappa shape index (κ2) is 27.7. The van der Waals surface area contributed by atoms with Crippen molar-refractivity contribution in [3.8, 4) is 0 Å². The number of carbonyl (C=O) groups excluding carboxylic acids is 2. The van der Waals surface area contributed by atoms with E-state index in [-0.39, 0.29) is 23.8 Å². The molecule has 1 rings (SSSR count). The third-order valence-electron chi connectivity index (χ3n) is 7.50. The van der Waals surface area contributed by atoms with Crippen LogP contribution in [0.3, 0.4) is 0 Å². The topological polar surface area (TPSA) is 52.6 Å². The van der Waals surface area contributed by atoms with Crippen molar-refractivity contribution in [3.05, 3.63) is 35.9 Å². The lowest BCUT2D eigenvalue weighted by Gasteiger charge is -2.08.